The van der Waals surface area contributed by atoms with Crippen LogP contribution in [0, 0.1) is 13.8 Å². The van der Waals surface area contributed by atoms with Gasteiger partial charge in [-0.05, 0) is 73.5 Å². The Balaban J connectivity index is 1.15. The normalized spacial score (nSPS) is 16.3. The molecule has 0 saturated carbocycles. The van der Waals surface area contributed by atoms with Crippen LogP contribution in [-0.4, -0.2) is 74.0 Å². The van der Waals surface area contributed by atoms with Crippen molar-refractivity contribution in [2.24, 2.45) is 0 Å². The van der Waals surface area contributed by atoms with Gasteiger partial charge in [0, 0.05) is 74.9 Å². The maximum absolute atomic E-state index is 13.1. The molecule has 6 heteroatoms. The van der Waals surface area contributed by atoms with E-state index in [2.05, 4.69) is 72.2 Å². The number of nitrogens with zero attached hydrogens (tertiary/aromatic N) is 4. The number of hydrogen-bond donors (Lipinski definition) is 0. The number of carbonyl (C=O) groups is 2. The number of carbonyl (C=O) groups excluding carboxylic acids is 2. The Morgan fingerprint density at radius 3 is 1.22 bits per heavy atom. The molecule has 0 unspecified atom stereocenters. The molecule has 3 aromatic rings. The van der Waals surface area contributed by atoms with Crippen molar-refractivity contribution in [3.05, 3.63) is 95.1 Å². The van der Waals surface area contributed by atoms with Crippen LogP contribution in [-0.2, 0) is 0 Å². The summed E-state index contributed by atoms with van der Waals surface area (Å²) in [6.07, 6.45) is 0. The molecule has 0 radical (unpaired) electrons. The van der Waals surface area contributed by atoms with Crippen molar-refractivity contribution >= 4 is 23.2 Å². The molecule has 2 saturated heterocycles. The second kappa shape index (κ2) is 10.4. The van der Waals surface area contributed by atoms with E-state index >= 15 is 0 Å². The molecule has 0 atom stereocenters. The molecule has 186 valence electrons. The highest BCUT2D eigenvalue weighted by atomic mass is 16.2. The third-order valence-corrected chi connectivity index (χ3v) is 7.25. The highest BCUT2D eigenvalue weighted by Gasteiger charge is 2.25. The first kappa shape index (κ1) is 23.9. The Hall–Kier alpha value is -3.80. The monoisotopic (exact) mass is 482 g/mol. The smallest absolute Gasteiger partial charge is 0.253 e. The van der Waals surface area contributed by atoms with Crippen LogP contribution in [0.2, 0.25) is 0 Å². The summed E-state index contributed by atoms with van der Waals surface area (Å²) in [6, 6.07) is 24.2. The molecule has 6 nitrogen and oxygen atoms in total. The molecule has 0 N–H and O–H groups in total. The Bertz CT molecular complexity index is 1130. The summed E-state index contributed by atoms with van der Waals surface area (Å²) in [7, 11) is 0. The van der Waals surface area contributed by atoms with E-state index < -0.39 is 0 Å². The van der Waals surface area contributed by atoms with Crippen LogP contribution in [0.25, 0.3) is 0 Å². The van der Waals surface area contributed by atoms with Gasteiger partial charge in [0.15, 0.2) is 0 Å². The number of hydrogen-bond acceptors (Lipinski definition) is 4. The molecule has 0 spiro atoms. The minimum Gasteiger partial charge on any atom is -0.368 e. The molecule has 2 heterocycles. The van der Waals surface area contributed by atoms with Gasteiger partial charge in [-0.2, -0.15) is 0 Å². The number of rotatable bonds is 4. The van der Waals surface area contributed by atoms with E-state index in [9.17, 15) is 9.59 Å². The standard InChI is InChI=1S/C30H34N4O2/c1-23-5-3-7-27(21-23)31-13-17-33(18-14-31)29(35)25-9-11-26(12-10-25)30(36)34-19-15-32(16-20-34)28-8-4-6-24(2)22-28/h3-12,21-22H,13-20H2,1-2H3. The van der Waals surface area contributed by atoms with Crippen LogP contribution in [0.5, 0.6) is 0 Å². The Kier molecular flexibility index (Phi) is 6.94. The predicted octanol–water partition coefficient (Wildman–Crippen LogP) is 4.23. The van der Waals surface area contributed by atoms with Crippen LogP contribution in [0.1, 0.15) is 31.8 Å². The van der Waals surface area contributed by atoms with Crippen LogP contribution in [0.15, 0.2) is 72.8 Å². The summed E-state index contributed by atoms with van der Waals surface area (Å²) in [6.45, 7) is 10.3. The molecule has 0 aromatic heterocycles. The van der Waals surface area contributed by atoms with Gasteiger partial charge in [0.1, 0.15) is 0 Å². The Morgan fingerprint density at radius 2 is 0.889 bits per heavy atom. The van der Waals surface area contributed by atoms with Crippen molar-refractivity contribution in [1.29, 1.82) is 0 Å². The molecule has 0 bridgehead atoms. The van der Waals surface area contributed by atoms with Gasteiger partial charge < -0.3 is 19.6 Å². The largest absolute Gasteiger partial charge is 0.368 e. The Morgan fingerprint density at radius 1 is 0.528 bits per heavy atom. The molecule has 2 aliphatic heterocycles. The van der Waals surface area contributed by atoms with Crippen molar-refractivity contribution in [3.63, 3.8) is 0 Å². The zero-order chi connectivity index (χ0) is 25.1. The van der Waals surface area contributed by atoms with Gasteiger partial charge in [-0.25, -0.2) is 0 Å². The van der Waals surface area contributed by atoms with E-state index in [-0.39, 0.29) is 11.8 Å². The second-order valence-electron chi connectivity index (χ2n) is 9.81. The summed E-state index contributed by atoms with van der Waals surface area (Å²) in [5.41, 5.74) is 6.19. The number of aryl methyl sites for hydroxylation is 2. The van der Waals surface area contributed by atoms with Crippen molar-refractivity contribution in [2.75, 3.05) is 62.2 Å². The number of amides is 2. The zero-order valence-corrected chi connectivity index (χ0v) is 21.2. The van der Waals surface area contributed by atoms with Crippen LogP contribution < -0.4 is 9.80 Å². The first-order chi connectivity index (χ1) is 17.5. The van der Waals surface area contributed by atoms with Gasteiger partial charge >= 0.3 is 0 Å². The minimum atomic E-state index is 0.0321. The van der Waals surface area contributed by atoms with E-state index in [0.717, 1.165) is 26.2 Å². The quantitative estimate of drug-likeness (QED) is 0.559. The molecule has 2 fully saturated rings. The van der Waals surface area contributed by atoms with Gasteiger partial charge in [-0.15, -0.1) is 0 Å². The Labute approximate surface area is 213 Å². The van der Waals surface area contributed by atoms with Gasteiger partial charge in [-0.1, -0.05) is 24.3 Å². The molecule has 36 heavy (non-hydrogen) atoms. The fraction of sp³-hybridized carbons (Fsp3) is 0.333. The summed E-state index contributed by atoms with van der Waals surface area (Å²) < 4.78 is 0. The van der Waals surface area contributed by atoms with Gasteiger partial charge in [-0.3, -0.25) is 9.59 Å². The molecule has 2 amide bonds. The highest BCUT2D eigenvalue weighted by Crippen LogP contribution is 2.21. The lowest BCUT2D eigenvalue weighted by Gasteiger charge is -2.36. The van der Waals surface area contributed by atoms with Crippen molar-refractivity contribution in [3.8, 4) is 0 Å². The fourth-order valence-electron chi connectivity index (χ4n) is 5.11. The van der Waals surface area contributed by atoms with E-state index in [1.165, 1.54) is 22.5 Å². The van der Waals surface area contributed by atoms with Crippen molar-refractivity contribution < 1.29 is 9.59 Å². The molecular formula is C30H34N4O2. The maximum atomic E-state index is 13.1. The average molecular weight is 483 g/mol. The summed E-state index contributed by atoms with van der Waals surface area (Å²) >= 11 is 0. The molecular weight excluding hydrogens is 448 g/mol. The lowest BCUT2D eigenvalue weighted by molar-refractivity contribution is 0.0735. The average Bonchev–Trinajstić information content (AvgIpc) is 2.92. The third kappa shape index (κ3) is 5.23. The first-order valence-electron chi connectivity index (χ1n) is 12.8. The third-order valence-electron chi connectivity index (χ3n) is 7.25. The lowest BCUT2D eigenvalue weighted by Crippen LogP contribution is -2.49. The number of benzene rings is 3. The van der Waals surface area contributed by atoms with Gasteiger partial charge in [0.2, 0.25) is 0 Å². The van der Waals surface area contributed by atoms with E-state index in [4.69, 9.17) is 0 Å². The van der Waals surface area contributed by atoms with Crippen LogP contribution >= 0.6 is 0 Å². The number of anilines is 2. The van der Waals surface area contributed by atoms with Crippen molar-refractivity contribution in [2.45, 2.75) is 13.8 Å². The molecule has 2 aliphatic rings. The number of piperazine rings is 2. The minimum absolute atomic E-state index is 0.0321. The topological polar surface area (TPSA) is 47.1 Å². The summed E-state index contributed by atoms with van der Waals surface area (Å²) in [5, 5.41) is 0. The van der Waals surface area contributed by atoms with Gasteiger partial charge in [0.05, 0.1) is 0 Å². The summed E-state index contributed by atoms with van der Waals surface area (Å²) in [4.78, 5) is 34.6. The highest BCUT2D eigenvalue weighted by molar-refractivity contribution is 5.98. The zero-order valence-electron chi connectivity index (χ0n) is 21.2. The fourth-order valence-corrected chi connectivity index (χ4v) is 5.11. The lowest BCUT2D eigenvalue weighted by atomic mass is 10.1. The van der Waals surface area contributed by atoms with Gasteiger partial charge in [0.25, 0.3) is 11.8 Å². The van der Waals surface area contributed by atoms with E-state index in [1.54, 1.807) is 24.3 Å². The molecule has 5 rings (SSSR count). The SMILES string of the molecule is Cc1cccc(N2CCN(C(=O)c3ccc(C(=O)N4CCN(c5cccc(C)c5)CC4)cc3)CC2)c1. The van der Waals surface area contributed by atoms with E-state index in [1.807, 2.05) is 9.80 Å². The van der Waals surface area contributed by atoms with Crippen LogP contribution in [0.4, 0.5) is 11.4 Å². The maximum Gasteiger partial charge on any atom is 0.253 e. The predicted molar refractivity (Wildman–Crippen MR) is 145 cm³/mol. The van der Waals surface area contributed by atoms with Crippen LogP contribution in [0.3, 0.4) is 0 Å². The first-order valence-corrected chi connectivity index (χ1v) is 12.8. The summed E-state index contributed by atoms with van der Waals surface area (Å²) in [5.74, 6) is 0.0642. The van der Waals surface area contributed by atoms with Crippen molar-refractivity contribution in [1.82, 2.24) is 9.80 Å². The second-order valence-corrected chi connectivity index (χ2v) is 9.81. The van der Waals surface area contributed by atoms with E-state index in [0.29, 0.717) is 37.3 Å². The molecule has 0 aliphatic carbocycles. The molecule has 3 aromatic carbocycles.